The lowest BCUT2D eigenvalue weighted by molar-refractivity contribution is 0.103. The summed E-state index contributed by atoms with van der Waals surface area (Å²) < 4.78 is 21.5. The van der Waals surface area contributed by atoms with Crippen molar-refractivity contribution in [2.45, 2.75) is 6.42 Å². The second-order valence-electron chi connectivity index (χ2n) is 6.16. The Balaban J connectivity index is 1.64. The molecular weight excluding hydrogens is 360 g/mol. The Bertz CT molecular complexity index is 1050. The summed E-state index contributed by atoms with van der Waals surface area (Å²) in [6, 6.07) is 3.18. The Morgan fingerprint density at radius 3 is 2.50 bits per heavy atom. The van der Waals surface area contributed by atoms with Crippen LogP contribution in [0.25, 0.3) is 5.57 Å². The van der Waals surface area contributed by atoms with Crippen molar-refractivity contribution >= 4 is 17.1 Å². The maximum Gasteiger partial charge on any atom is 0.222 e. The number of rotatable bonds is 6. The van der Waals surface area contributed by atoms with E-state index >= 15 is 0 Å². The van der Waals surface area contributed by atoms with Crippen molar-refractivity contribution in [3.8, 4) is 17.2 Å². The van der Waals surface area contributed by atoms with Crippen molar-refractivity contribution in [2.24, 2.45) is 4.99 Å². The number of ketones is 1. The van der Waals surface area contributed by atoms with Crippen LogP contribution in [0, 0.1) is 0 Å². The second-order valence-corrected chi connectivity index (χ2v) is 6.16. The molecule has 7 heteroatoms. The number of fused-ring (bicyclic) bond motifs is 1. The van der Waals surface area contributed by atoms with Crippen LogP contribution < -0.4 is 14.2 Å². The Labute approximate surface area is 161 Å². The molecule has 1 aromatic carbocycles. The highest BCUT2D eigenvalue weighted by atomic mass is 16.5. The van der Waals surface area contributed by atoms with Crippen LogP contribution >= 0.6 is 0 Å². The smallest absolute Gasteiger partial charge is 0.222 e. The molecular formula is C21H18N2O5. The molecule has 1 aliphatic heterocycles. The summed E-state index contributed by atoms with van der Waals surface area (Å²) in [7, 11) is 4.50. The molecule has 0 bridgehead atoms. The SMILES string of the molecule is COc1cc(C(=O)c2coc(C3=CC=C4C=CN=C4C3)n2)cc(OC)c1OC. The minimum atomic E-state index is -0.304. The van der Waals surface area contributed by atoms with E-state index in [0.717, 1.165) is 16.9 Å². The van der Waals surface area contributed by atoms with Gasteiger partial charge in [-0.1, -0.05) is 12.2 Å². The molecule has 0 saturated carbocycles. The molecule has 7 nitrogen and oxygen atoms in total. The number of allylic oxidation sites excluding steroid dienone is 5. The van der Waals surface area contributed by atoms with Crippen molar-refractivity contribution in [1.82, 2.24) is 4.98 Å². The molecule has 0 amide bonds. The van der Waals surface area contributed by atoms with Crippen LogP contribution in [-0.2, 0) is 0 Å². The quantitative estimate of drug-likeness (QED) is 0.714. The molecule has 0 spiro atoms. The van der Waals surface area contributed by atoms with Gasteiger partial charge in [0.2, 0.25) is 17.4 Å². The third kappa shape index (κ3) is 3.00. The number of hydrogen-bond acceptors (Lipinski definition) is 7. The van der Waals surface area contributed by atoms with Gasteiger partial charge in [0.1, 0.15) is 6.26 Å². The fraction of sp³-hybridized carbons (Fsp3) is 0.190. The van der Waals surface area contributed by atoms with Crippen LogP contribution in [0.5, 0.6) is 17.2 Å². The van der Waals surface area contributed by atoms with Crippen molar-refractivity contribution in [1.29, 1.82) is 0 Å². The molecule has 2 aliphatic rings. The van der Waals surface area contributed by atoms with Crippen LogP contribution in [0.1, 0.15) is 28.4 Å². The third-order valence-electron chi connectivity index (χ3n) is 4.58. The molecule has 142 valence electrons. The van der Waals surface area contributed by atoms with E-state index in [4.69, 9.17) is 18.6 Å². The first kappa shape index (κ1) is 17.8. The summed E-state index contributed by atoms with van der Waals surface area (Å²) in [5.74, 6) is 1.31. The van der Waals surface area contributed by atoms with E-state index in [1.807, 2.05) is 18.2 Å². The zero-order valence-electron chi connectivity index (χ0n) is 15.7. The minimum Gasteiger partial charge on any atom is -0.493 e. The predicted octanol–water partition coefficient (Wildman–Crippen LogP) is 3.61. The second kappa shape index (κ2) is 7.19. The predicted molar refractivity (Wildman–Crippen MR) is 103 cm³/mol. The molecule has 28 heavy (non-hydrogen) atoms. The maximum absolute atomic E-state index is 12.9. The number of methoxy groups -OCH3 is 3. The number of oxazole rings is 1. The Morgan fingerprint density at radius 2 is 1.82 bits per heavy atom. The number of hydrogen-bond donors (Lipinski definition) is 0. The first-order valence-corrected chi connectivity index (χ1v) is 8.59. The zero-order chi connectivity index (χ0) is 19.7. The molecule has 0 unspecified atom stereocenters. The molecule has 0 N–H and O–H groups in total. The highest BCUT2D eigenvalue weighted by Gasteiger charge is 2.23. The molecule has 4 rings (SSSR count). The Kier molecular flexibility index (Phi) is 4.57. The standard InChI is InChI=1S/C21H18N2O5/c1-25-17-9-14(10-18(26-2)20(17)27-3)19(24)16-11-28-21(23-16)13-5-4-12-6-7-22-15(12)8-13/h4-7,9-11H,8H2,1-3H3. The normalized spacial score (nSPS) is 14.8. The largest absolute Gasteiger partial charge is 0.493 e. The topological polar surface area (TPSA) is 83.2 Å². The summed E-state index contributed by atoms with van der Waals surface area (Å²) in [6.07, 6.45) is 9.59. The molecule has 2 aromatic rings. The molecule has 1 aromatic heterocycles. The number of benzene rings is 1. The lowest BCUT2D eigenvalue weighted by Gasteiger charge is -2.13. The summed E-state index contributed by atoms with van der Waals surface area (Å²) in [5, 5.41) is 0. The number of aliphatic imine (C=N–C) groups is 1. The summed E-state index contributed by atoms with van der Waals surface area (Å²) in [5.41, 5.74) is 3.48. The third-order valence-corrected chi connectivity index (χ3v) is 4.58. The highest BCUT2D eigenvalue weighted by molar-refractivity contribution is 6.11. The van der Waals surface area contributed by atoms with Gasteiger partial charge in [-0.25, -0.2) is 4.98 Å². The number of ether oxygens (including phenoxy) is 3. The van der Waals surface area contributed by atoms with Gasteiger partial charge in [-0.2, -0.15) is 0 Å². The summed E-state index contributed by atoms with van der Waals surface area (Å²) in [6.45, 7) is 0. The van der Waals surface area contributed by atoms with Gasteiger partial charge in [-0.15, -0.1) is 0 Å². The van der Waals surface area contributed by atoms with E-state index in [1.54, 1.807) is 18.3 Å². The number of aromatic nitrogens is 1. The fourth-order valence-electron chi connectivity index (χ4n) is 3.14. The van der Waals surface area contributed by atoms with Gasteiger partial charge >= 0.3 is 0 Å². The number of nitrogens with zero attached hydrogens (tertiary/aromatic N) is 2. The van der Waals surface area contributed by atoms with Crippen molar-refractivity contribution in [3.63, 3.8) is 0 Å². The van der Waals surface area contributed by atoms with Crippen LogP contribution in [0.15, 0.2) is 57.8 Å². The molecule has 0 fully saturated rings. The zero-order valence-corrected chi connectivity index (χ0v) is 15.7. The van der Waals surface area contributed by atoms with E-state index in [-0.39, 0.29) is 11.5 Å². The molecule has 0 saturated heterocycles. The van der Waals surface area contributed by atoms with E-state index in [0.29, 0.717) is 35.1 Å². The molecule has 1 aliphatic carbocycles. The Morgan fingerprint density at radius 1 is 1.07 bits per heavy atom. The van der Waals surface area contributed by atoms with Gasteiger partial charge in [0, 0.05) is 23.8 Å². The van der Waals surface area contributed by atoms with E-state index in [9.17, 15) is 4.79 Å². The van der Waals surface area contributed by atoms with Gasteiger partial charge in [-0.3, -0.25) is 9.79 Å². The molecule has 0 atom stereocenters. The lowest BCUT2D eigenvalue weighted by Crippen LogP contribution is -2.06. The molecule has 0 radical (unpaired) electrons. The summed E-state index contributed by atoms with van der Waals surface area (Å²) in [4.78, 5) is 21.6. The number of carbonyl (C=O) groups excluding carboxylic acids is 1. The summed E-state index contributed by atoms with van der Waals surface area (Å²) >= 11 is 0. The Hall–Kier alpha value is -3.61. The van der Waals surface area contributed by atoms with Crippen LogP contribution in [0.2, 0.25) is 0 Å². The minimum absolute atomic E-state index is 0.200. The van der Waals surface area contributed by atoms with Gasteiger partial charge < -0.3 is 18.6 Å². The van der Waals surface area contributed by atoms with Crippen molar-refractivity contribution in [3.05, 3.63) is 65.5 Å². The maximum atomic E-state index is 12.9. The first-order valence-electron chi connectivity index (χ1n) is 8.59. The molecule has 2 heterocycles. The van der Waals surface area contributed by atoms with E-state index in [2.05, 4.69) is 9.98 Å². The average molecular weight is 378 g/mol. The van der Waals surface area contributed by atoms with Gasteiger partial charge in [0.05, 0.1) is 27.0 Å². The van der Waals surface area contributed by atoms with Crippen molar-refractivity contribution in [2.75, 3.05) is 21.3 Å². The van der Waals surface area contributed by atoms with E-state index < -0.39 is 0 Å². The van der Waals surface area contributed by atoms with Gasteiger partial charge in [-0.05, 0) is 23.8 Å². The van der Waals surface area contributed by atoms with E-state index in [1.165, 1.54) is 27.6 Å². The first-order chi connectivity index (χ1) is 13.6. The van der Waals surface area contributed by atoms with Crippen molar-refractivity contribution < 1.29 is 23.4 Å². The lowest BCUT2D eigenvalue weighted by atomic mass is 9.97. The highest BCUT2D eigenvalue weighted by Crippen LogP contribution is 2.38. The van der Waals surface area contributed by atoms with Crippen LogP contribution in [-0.4, -0.2) is 37.8 Å². The van der Waals surface area contributed by atoms with Crippen LogP contribution in [0.3, 0.4) is 0 Å². The number of carbonyl (C=O) groups is 1. The monoisotopic (exact) mass is 378 g/mol. The average Bonchev–Trinajstić information content (AvgIpc) is 3.40. The van der Waals surface area contributed by atoms with Gasteiger partial charge in [0.15, 0.2) is 17.2 Å². The fourth-order valence-corrected chi connectivity index (χ4v) is 3.14. The van der Waals surface area contributed by atoms with Crippen LogP contribution in [0.4, 0.5) is 0 Å². The van der Waals surface area contributed by atoms with Gasteiger partial charge in [0.25, 0.3) is 0 Å².